The van der Waals surface area contributed by atoms with Crippen molar-refractivity contribution < 1.29 is 25.0 Å². The molecule has 16 heavy (non-hydrogen) atoms. The SMILES string of the molecule is O=I(=O)c1c(Cl)cc(Cl)cc1OP(=O)(O)O. The molecule has 0 aliphatic rings. The van der Waals surface area contributed by atoms with E-state index in [1.807, 2.05) is 0 Å². The molecule has 90 valence electrons. The van der Waals surface area contributed by atoms with E-state index in [9.17, 15) is 10.7 Å². The molecule has 0 radical (unpaired) electrons. The molecule has 0 saturated heterocycles. The van der Waals surface area contributed by atoms with Gasteiger partial charge in [-0.3, -0.25) is 9.79 Å². The van der Waals surface area contributed by atoms with Crippen molar-refractivity contribution in [3.8, 4) is 5.75 Å². The first kappa shape index (κ1) is 14.1. The number of phosphoric ester groups is 1. The summed E-state index contributed by atoms with van der Waals surface area (Å²) in [6.45, 7) is 0. The number of hydrogen-bond donors (Lipinski definition) is 2. The third kappa shape index (κ3) is 3.83. The summed E-state index contributed by atoms with van der Waals surface area (Å²) in [6.07, 6.45) is 0. The van der Waals surface area contributed by atoms with E-state index in [0.717, 1.165) is 12.1 Å². The number of benzene rings is 1. The molecule has 10 heteroatoms. The average molecular weight is 401 g/mol. The quantitative estimate of drug-likeness (QED) is 0.459. The Hall–Kier alpha value is 0.0800. The van der Waals surface area contributed by atoms with E-state index in [-0.39, 0.29) is 10.0 Å². The molecule has 0 unspecified atom stereocenters. The van der Waals surface area contributed by atoms with E-state index in [4.69, 9.17) is 33.0 Å². The van der Waals surface area contributed by atoms with Crippen molar-refractivity contribution in [1.82, 2.24) is 0 Å². The van der Waals surface area contributed by atoms with Crippen molar-refractivity contribution in [2.45, 2.75) is 0 Å². The van der Waals surface area contributed by atoms with Crippen molar-refractivity contribution >= 4 is 50.8 Å². The van der Waals surface area contributed by atoms with Crippen LogP contribution in [0.4, 0.5) is 0 Å². The molecule has 0 aliphatic carbocycles. The van der Waals surface area contributed by atoms with Gasteiger partial charge in [0.1, 0.15) is 3.57 Å². The Morgan fingerprint density at radius 2 is 1.81 bits per heavy atom. The highest BCUT2D eigenvalue weighted by Crippen LogP contribution is 2.44. The molecule has 1 rings (SSSR count). The summed E-state index contributed by atoms with van der Waals surface area (Å²) in [7, 11) is -4.86. The van der Waals surface area contributed by atoms with Gasteiger partial charge >= 0.3 is 27.6 Å². The van der Waals surface area contributed by atoms with E-state index in [0.29, 0.717) is 0 Å². The van der Waals surface area contributed by atoms with Crippen LogP contribution >= 0.6 is 50.8 Å². The summed E-state index contributed by atoms with van der Waals surface area (Å²) in [5.74, 6) is -0.541. The molecule has 0 aliphatic heterocycles. The van der Waals surface area contributed by atoms with Crippen molar-refractivity contribution in [3.63, 3.8) is 0 Å². The highest BCUT2D eigenvalue weighted by Gasteiger charge is 2.23. The molecule has 0 aromatic heterocycles. The standard InChI is InChI=1S/C6H4Cl2IO6P/c7-3-1-4(8)6(9(10)11)5(2-3)15-16(12,13)14/h1-2H,(H2,12,13,14). The Morgan fingerprint density at radius 3 is 2.25 bits per heavy atom. The summed E-state index contributed by atoms with van der Waals surface area (Å²) in [5, 5.41) is -0.221. The minimum Gasteiger partial charge on any atom is -0.403 e. The molecule has 0 amide bonds. The lowest BCUT2D eigenvalue weighted by molar-refractivity contribution is 0.282. The van der Waals surface area contributed by atoms with E-state index in [2.05, 4.69) is 4.52 Å². The van der Waals surface area contributed by atoms with Crippen LogP contribution in [-0.2, 0) is 10.7 Å². The number of hydrogen-bond acceptors (Lipinski definition) is 4. The van der Waals surface area contributed by atoms with Crippen molar-refractivity contribution in [2.75, 3.05) is 0 Å². The van der Waals surface area contributed by atoms with Gasteiger partial charge in [-0.2, -0.15) is 0 Å². The monoisotopic (exact) mass is 400 g/mol. The summed E-state index contributed by atoms with van der Waals surface area (Å²) in [6, 6.07) is 2.12. The van der Waals surface area contributed by atoms with Crippen LogP contribution in [0.2, 0.25) is 10.0 Å². The molecule has 1 aromatic carbocycles. The second-order valence-electron chi connectivity index (χ2n) is 2.50. The second kappa shape index (κ2) is 5.16. The molecule has 0 bridgehead atoms. The van der Waals surface area contributed by atoms with Gasteiger partial charge < -0.3 is 4.52 Å². The summed E-state index contributed by atoms with van der Waals surface area (Å²) in [5.41, 5.74) is 0. The molecule has 2 N–H and O–H groups in total. The number of rotatable bonds is 3. The molecular formula is C6H4Cl2IO6P. The second-order valence-corrected chi connectivity index (χ2v) is 6.83. The zero-order valence-corrected chi connectivity index (χ0v) is 11.8. The Morgan fingerprint density at radius 1 is 1.25 bits per heavy atom. The largest absolute Gasteiger partial charge is 0.524 e. The maximum Gasteiger partial charge on any atom is 0.524 e. The molecule has 0 atom stereocenters. The van der Waals surface area contributed by atoms with Gasteiger partial charge in [0.05, 0.1) is 5.02 Å². The van der Waals surface area contributed by atoms with E-state index < -0.39 is 36.9 Å². The first-order valence-electron chi connectivity index (χ1n) is 3.50. The van der Waals surface area contributed by atoms with Crippen LogP contribution in [0.1, 0.15) is 0 Å². The number of phosphoric acid groups is 1. The first-order chi connectivity index (χ1) is 7.20. The van der Waals surface area contributed by atoms with E-state index >= 15 is 0 Å². The summed E-state index contributed by atoms with van der Waals surface area (Å²) in [4.78, 5) is 17.2. The van der Waals surface area contributed by atoms with Crippen molar-refractivity contribution in [2.24, 2.45) is 0 Å². The summed E-state index contributed by atoms with van der Waals surface area (Å²) < 4.78 is 36.2. The molecule has 1 aromatic rings. The van der Waals surface area contributed by atoms with Gasteiger partial charge in [-0.25, -0.2) is 10.7 Å². The lowest BCUT2D eigenvalue weighted by Crippen LogP contribution is -1.93. The van der Waals surface area contributed by atoms with Gasteiger partial charge in [0.25, 0.3) is 0 Å². The van der Waals surface area contributed by atoms with Gasteiger partial charge in [0, 0.05) is 11.1 Å². The fourth-order valence-electron chi connectivity index (χ4n) is 0.877. The van der Waals surface area contributed by atoms with Gasteiger partial charge in [0.2, 0.25) is 0 Å². The van der Waals surface area contributed by atoms with E-state index in [1.54, 1.807) is 0 Å². The lowest BCUT2D eigenvalue weighted by Gasteiger charge is -2.09. The lowest BCUT2D eigenvalue weighted by atomic mass is 10.3. The van der Waals surface area contributed by atoms with Gasteiger partial charge in [-0.05, 0) is 6.07 Å². The van der Waals surface area contributed by atoms with Crippen LogP contribution in [0.5, 0.6) is 5.75 Å². The number of halogens is 3. The topological polar surface area (TPSA) is 101 Å². The Bertz CT molecular complexity index is 528. The van der Waals surface area contributed by atoms with Crippen LogP contribution in [0, 0.1) is 3.57 Å². The average Bonchev–Trinajstić information content (AvgIpc) is 1.96. The Balaban J connectivity index is 3.41. The fourth-order valence-corrected chi connectivity index (χ4v) is 3.59. The minimum atomic E-state index is -4.86. The minimum absolute atomic E-state index is 0.00919. The van der Waals surface area contributed by atoms with Crippen LogP contribution in [0.3, 0.4) is 0 Å². The highest BCUT2D eigenvalue weighted by atomic mass is 127. The zero-order chi connectivity index (χ0) is 12.5. The molecule has 0 saturated carbocycles. The maximum atomic E-state index is 10.9. The van der Waals surface area contributed by atoms with Gasteiger partial charge in [-0.1, -0.05) is 23.2 Å². The first-order valence-corrected chi connectivity index (χ1v) is 8.63. The van der Waals surface area contributed by atoms with Crippen molar-refractivity contribution in [3.05, 3.63) is 25.7 Å². The smallest absolute Gasteiger partial charge is 0.403 e. The van der Waals surface area contributed by atoms with Gasteiger partial charge in [0.15, 0.2) is 5.75 Å². The van der Waals surface area contributed by atoms with Crippen LogP contribution in [-0.4, -0.2) is 9.79 Å². The molecule has 0 fully saturated rings. The van der Waals surface area contributed by atoms with Gasteiger partial charge in [-0.15, -0.1) is 0 Å². The molecular weight excluding hydrogens is 397 g/mol. The van der Waals surface area contributed by atoms with Crippen molar-refractivity contribution in [1.29, 1.82) is 0 Å². The summed E-state index contributed by atoms with van der Waals surface area (Å²) >= 11 is 7.08. The third-order valence-electron chi connectivity index (χ3n) is 1.33. The Labute approximate surface area is 107 Å². The predicted octanol–water partition coefficient (Wildman–Crippen LogP) is 2.83. The molecule has 0 heterocycles. The fraction of sp³-hybridized carbons (Fsp3) is 0. The molecule has 0 spiro atoms. The van der Waals surface area contributed by atoms with Crippen LogP contribution in [0.15, 0.2) is 12.1 Å². The van der Waals surface area contributed by atoms with Crippen LogP contribution < -0.4 is 4.52 Å². The normalized spacial score (nSPS) is 11.8. The zero-order valence-electron chi connectivity index (χ0n) is 7.26. The maximum absolute atomic E-state index is 10.9. The third-order valence-corrected chi connectivity index (χ3v) is 4.59. The Kier molecular flexibility index (Phi) is 4.56. The van der Waals surface area contributed by atoms with E-state index in [1.165, 1.54) is 0 Å². The molecule has 6 nitrogen and oxygen atoms in total. The highest BCUT2D eigenvalue weighted by molar-refractivity contribution is 14.2. The predicted molar refractivity (Wildman–Crippen MR) is 63.2 cm³/mol. The van der Waals surface area contributed by atoms with Crippen LogP contribution in [0.25, 0.3) is 0 Å².